The molecule has 0 saturated heterocycles. The van der Waals surface area contributed by atoms with E-state index in [1.807, 2.05) is 54.6 Å². The lowest BCUT2D eigenvalue weighted by Gasteiger charge is -2.12. The second-order valence-electron chi connectivity index (χ2n) is 8.04. The van der Waals surface area contributed by atoms with Crippen LogP contribution in [0.15, 0.2) is 77.2 Å². The molecule has 0 aliphatic heterocycles. The first-order valence-corrected chi connectivity index (χ1v) is 10.5. The summed E-state index contributed by atoms with van der Waals surface area (Å²) in [7, 11) is 0. The smallest absolute Gasteiger partial charge is 0.177 e. The Morgan fingerprint density at radius 2 is 1.27 bits per heavy atom. The molecule has 0 aliphatic carbocycles. The molecule has 5 heteroatoms. The molecule has 0 atom stereocenters. The summed E-state index contributed by atoms with van der Waals surface area (Å²) in [5.41, 5.74) is 2.81. The van der Waals surface area contributed by atoms with Crippen molar-refractivity contribution >= 4 is 65.3 Å². The van der Waals surface area contributed by atoms with E-state index in [1.165, 1.54) is 0 Å². The molecule has 33 heavy (non-hydrogen) atoms. The van der Waals surface area contributed by atoms with Gasteiger partial charge in [0.2, 0.25) is 0 Å². The molecular formula is C28H12N4O. The van der Waals surface area contributed by atoms with Gasteiger partial charge < -0.3 is 4.42 Å². The highest BCUT2D eigenvalue weighted by Crippen LogP contribution is 2.41. The van der Waals surface area contributed by atoms with Crippen LogP contribution < -0.4 is 0 Å². The highest BCUT2D eigenvalue weighted by molar-refractivity contribution is 6.32. The van der Waals surface area contributed by atoms with Gasteiger partial charge in [-0.2, -0.15) is 10.5 Å². The highest BCUT2D eigenvalue weighted by atomic mass is 16.3. The fourth-order valence-corrected chi connectivity index (χ4v) is 4.90. The van der Waals surface area contributed by atoms with Crippen molar-refractivity contribution in [1.82, 2.24) is 9.97 Å². The summed E-state index contributed by atoms with van der Waals surface area (Å²) < 4.78 is 6.14. The lowest BCUT2D eigenvalue weighted by Crippen LogP contribution is -1.97. The van der Waals surface area contributed by atoms with Crippen LogP contribution in [0.4, 0.5) is 0 Å². The normalized spacial score (nSPS) is 11.6. The Hall–Kier alpha value is -5.00. The number of hydrogen-bond acceptors (Lipinski definition) is 5. The fourth-order valence-electron chi connectivity index (χ4n) is 4.90. The van der Waals surface area contributed by atoms with Gasteiger partial charge >= 0.3 is 0 Å². The number of benzene rings is 5. The molecule has 0 saturated carbocycles. The number of nitriles is 2. The summed E-state index contributed by atoms with van der Waals surface area (Å²) >= 11 is 0. The van der Waals surface area contributed by atoms with Gasteiger partial charge in [-0.15, -0.1) is 0 Å². The third kappa shape index (κ3) is 2.28. The molecule has 0 aliphatic rings. The maximum Gasteiger partial charge on any atom is 0.177 e. The zero-order valence-electron chi connectivity index (χ0n) is 17.1. The zero-order chi connectivity index (χ0) is 22.1. The van der Waals surface area contributed by atoms with Gasteiger partial charge in [-0.3, -0.25) is 0 Å². The van der Waals surface area contributed by atoms with Gasteiger partial charge in [0.05, 0.1) is 11.0 Å². The van der Waals surface area contributed by atoms with Crippen LogP contribution in [0.25, 0.3) is 65.3 Å². The number of rotatable bonds is 0. The third-order valence-corrected chi connectivity index (χ3v) is 6.33. The molecule has 5 nitrogen and oxygen atoms in total. The van der Waals surface area contributed by atoms with Crippen LogP contribution in [-0.2, 0) is 0 Å². The van der Waals surface area contributed by atoms with Crippen molar-refractivity contribution in [3.63, 3.8) is 0 Å². The van der Waals surface area contributed by atoms with Crippen molar-refractivity contribution in [1.29, 1.82) is 10.5 Å². The summed E-state index contributed by atoms with van der Waals surface area (Å²) in [5.74, 6) is 0. The summed E-state index contributed by atoms with van der Waals surface area (Å²) in [4.78, 5) is 9.19. The molecule has 2 heterocycles. The van der Waals surface area contributed by atoms with Gasteiger partial charge in [0.15, 0.2) is 11.4 Å². The van der Waals surface area contributed by atoms with Gasteiger partial charge in [0.25, 0.3) is 0 Å². The minimum absolute atomic E-state index is 0.0242. The van der Waals surface area contributed by atoms with Crippen molar-refractivity contribution in [2.45, 2.75) is 0 Å². The van der Waals surface area contributed by atoms with Crippen molar-refractivity contribution in [2.75, 3.05) is 0 Å². The van der Waals surface area contributed by atoms with Crippen molar-refractivity contribution in [2.24, 2.45) is 0 Å². The second-order valence-corrected chi connectivity index (χ2v) is 8.04. The molecule has 5 aromatic carbocycles. The number of hydrogen-bond donors (Lipinski definition) is 0. The van der Waals surface area contributed by atoms with E-state index in [-0.39, 0.29) is 11.4 Å². The molecule has 0 bridgehead atoms. The van der Waals surface area contributed by atoms with E-state index in [2.05, 4.69) is 40.3 Å². The monoisotopic (exact) mass is 420 g/mol. The Morgan fingerprint density at radius 3 is 2.06 bits per heavy atom. The first-order chi connectivity index (χ1) is 16.3. The topological polar surface area (TPSA) is 86.5 Å². The van der Waals surface area contributed by atoms with Crippen LogP contribution in [0.1, 0.15) is 11.4 Å². The molecule has 0 radical (unpaired) electrons. The van der Waals surface area contributed by atoms with Crippen molar-refractivity contribution in [3.8, 4) is 12.1 Å². The summed E-state index contributed by atoms with van der Waals surface area (Å²) in [6, 6.07) is 28.5. The molecule has 7 aromatic rings. The number of furan rings is 1. The minimum Gasteiger partial charge on any atom is -0.456 e. The Balaban J connectivity index is 1.84. The second kappa shape index (κ2) is 6.26. The number of para-hydroxylation sites is 1. The van der Waals surface area contributed by atoms with Gasteiger partial charge in [-0.05, 0) is 39.7 Å². The van der Waals surface area contributed by atoms with Crippen LogP contribution in [0, 0.1) is 22.7 Å². The number of fused-ring (bicyclic) bond motifs is 11. The van der Waals surface area contributed by atoms with Crippen molar-refractivity contribution in [3.05, 3.63) is 84.2 Å². The summed E-state index contributed by atoms with van der Waals surface area (Å²) in [6.07, 6.45) is 0. The molecule has 0 spiro atoms. The minimum atomic E-state index is 0.0242. The van der Waals surface area contributed by atoms with Crippen LogP contribution in [-0.4, -0.2) is 9.97 Å². The summed E-state index contributed by atoms with van der Waals surface area (Å²) in [6.45, 7) is 0. The van der Waals surface area contributed by atoms with E-state index in [1.54, 1.807) is 0 Å². The van der Waals surface area contributed by atoms with E-state index >= 15 is 0 Å². The molecule has 150 valence electrons. The number of aromatic nitrogens is 2. The predicted octanol–water partition coefficient (Wildman–Crippen LogP) is 6.73. The molecule has 7 rings (SSSR count). The van der Waals surface area contributed by atoms with Crippen LogP contribution >= 0.6 is 0 Å². The maximum absolute atomic E-state index is 9.58. The van der Waals surface area contributed by atoms with Crippen LogP contribution in [0.2, 0.25) is 0 Å². The quantitative estimate of drug-likeness (QED) is 0.254. The van der Waals surface area contributed by atoms with E-state index < -0.39 is 0 Å². The van der Waals surface area contributed by atoms with E-state index in [9.17, 15) is 10.5 Å². The van der Waals surface area contributed by atoms with Crippen LogP contribution in [0.5, 0.6) is 0 Å². The average Bonchev–Trinajstić information content (AvgIpc) is 3.24. The van der Waals surface area contributed by atoms with E-state index in [4.69, 9.17) is 4.42 Å². The molecule has 0 N–H and O–H groups in total. The van der Waals surface area contributed by atoms with Crippen LogP contribution in [0.3, 0.4) is 0 Å². The van der Waals surface area contributed by atoms with Crippen molar-refractivity contribution < 1.29 is 4.42 Å². The Bertz CT molecular complexity index is 2060. The van der Waals surface area contributed by atoms with Gasteiger partial charge in [0, 0.05) is 21.5 Å². The van der Waals surface area contributed by atoms with Gasteiger partial charge in [-0.1, -0.05) is 54.6 Å². The first-order valence-electron chi connectivity index (χ1n) is 10.5. The molecule has 2 aromatic heterocycles. The third-order valence-electron chi connectivity index (χ3n) is 6.33. The number of nitrogens with zero attached hydrogens (tertiary/aromatic N) is 4. The van der Waals surface area contributed by atoms with Gasteiger partial charge in [0.1, 0.15) is 23.3 Å². The molecule has 0 unspecified atom stereocenters. The maximum atomic E-state index is 9.58. The standard InChI is InChI=1S/C28H12N4O/c29-13-22-23(14-30)32-28-21-12-25-19(17-7-3-4-8-24(17)33-25)11-20(21)26-16-6-2-1-5-15(16)9-10-18(26)27(28)31-22/h1-12H. The predicted molar refractivity (Wildman–Crippen MR) is 129 cm³/mol. The largest absolute Gasteiger partial charge is 0.456 e. The molecule has 0 amide bonds. The SMILES string of the molecule is N#Cc1nc2c3cc4oc5ccccc5c4cc3c3c4ccccc4ccc3c2nc1C#N. The van der Waals surface area contributed by atoms with E-state index in [0.717, 1.165) is 54.3 Å². The average molecular weight is 420 g/mol. The Labute approximate surface area is 186 Å². The first kappa shape index (κ1) is 17.7. The lowest BCUT2D eigenvalue weighted by atomic mass is 9.93. The fraction of sp³-hybridized carbons (Fsp3) is 0. The zero-order valence-corrected chi connectivity index (χ0v) is 17.1. The Morgan fingerprint density at radius 1 is 0.576 bits per heavy atom. The van der Waals surface area contributed by atoms with E-state index in [0.29, 0.717) is 11.0 Å². The molecule has 0 fully saturated rings. The molecular weight excluding hydrogens is 408 g/mol. The highest BCUT2D eigenvalue weighted by Gasteiger charge is 2.19. The lowest BCUT2D eigenvalue weighted by molar-refractivity contribution is 0.669. The summed E-state index contributed by atoms with van der Waals surface area (Å²) in [5, 5.41) is 27.2. The van der Waals surface area contributed by atoms with Gasteiger partial charge in [-0.25, -0.2) is 9.97 Å². The Kier molecular flexibility index (Phi) is 3.35.